The van der Waals surface area contributed by atoms with Crippen LogP contribution < -0.4 is 10.1 Å². The third kappa shape index (κ3) is 2.83. The van der Waals surface area contributed by atoms with Crippen LogP contribution in [-0.2, 0) is 6.54 Å². The van der Waals surface area contributed by atoms with Gasteiger partial charge < -0.3 is 10.1 Å². The van der Waals surface area contributed by atoms with Gasteiger partial charge in [0.1, 0.15) is 11.9 Å². The zero-order chi connectivity index (χ0) is 9.97. The Balaban J connectivity index is 0.00000112. The van der Waals surface area contributed by atoms with E-state index in [1.165, 1.54) is 0 Å². The number of ether oxygens (including phenoxy) is 1. The van der Waals surface area contributed by atoms with E-state index in [1.54, 1.807) is 0 Å². The van der Waals surface area contributed by atoms with Crippen molar-refractivity contribution >= 4 is 12.4 Å². The van der Waals surface area contributed by atoms with Gasteiger partial charge in [-0.1, -0.05) is 6.92 Å². The summed E-state index contributed by atoms with van der Waals surface area (Å²) < 4.78 is 5.84. The lowest BCUT2D eigenvalue weighted by atomic mass is 10.3. The summed E-state index contributed by atoms with van der Waals surface area (Å²) in [6, 6.07) is 4.02. The Bertz CT molecular complexity index is 330. The number of nitrogens with zero attached hydrogens (tertiary/aromatic N) is 1. The number of rotatable bonds is 1. The summed E-state index contributed by atoms with van der Waals surface area (Å²) in [5.74, 6) is 0.937. The van der Waals surface area contributed by atoms with Crippen LogP contribution in [0.15, 0.2) is 12.1 Å². The summed E-state index contributed by atoms with van der Waals surface area (Å²) in [4.78, 5) is 4.45. The lowest BCUT2D eigenvalue weighted by molar-refractivity contribution is 0.201. The van der Waals surface area contributed by atoms with E-state index in [1.807, 2.05) is 19.1 Å². The molecule has 0 aromatic carbocycles. The average Bonchev–Trinajstić information content (AvgIpc) is 2.38. The molecule has 0 bridgehead atoms. The van der Waals surface area contributed by atoms with E-state index in [2.05, 4.69) is 17.2 Å². The van der Waals surface area contributed by atoms with Crippen molar-refractivity contribution in [3.05, 3.63) is 23.5 Å². The van der Waals surface area contributed by atoms with Gasteiger partial charge in [-0.15, -0.1) is 12.4 Å². The van der Waals surface area contributed by atoms with Gasteiger partial charge >= 0.3 is 0 Å². The van der Waals surface area contributed by atoms with Crippen LogP contribution in [0.2, 0.25) is 0 Å². The monoisotopic (exact) mass is 228 g/mol. The molecule has 2 rings (SSSR count). The van der Waals surface area contributed by atoms with E-state index in [9.17, 15) is 0 Å². The number of aryl methyl sites for hydroxylation is 1. The van der Waals surface area contributed by atoms with Crippen LogP contribution in [0.4, 0.5) is 0 Å². The molecule has 15 heavy (non-hydrogen) atoms. The van der Waals surface area contributed by atoms with Crippen molar-refractivity contribution < 1.29 is 4.74 Å². The highest BCUT2D eigenvalue weighted by molar-refractivity contribution is 5.85. The Morgan fingerprint density at radius 3 is 3.07 bits per heavy atom. The van der Waals surface area contributed by atoms with Gasteiger partial charge in [0.05, 0.1) is 5.69 Å². The number of halogens is 1. The summed E-state index contributed by atoms with van der Waals surface area (Å²) >= 11 is 0. The first-order valence-electron chi connectivity index (χ1n) is 5.13. The van der Waals surface area contributed by atoms with Crippen LogP contribution >= 0.6 is 12.4 Å². The molecular formula is C11H17ClN2O. The molecule has 1 aromatic rings. The molecule has 1 N–H and O–H groups in total. The van der Waals surface area contributed by atoms with E-state index in [4.69, 9.17) is 4.74 Å². The molecule has 0 fully saturated rings. The molecule has 1 atom stereocenters. The molecule has 1 aliphatic heterocycles. The fourth-order valence-corrected chi connectivity index (χ4v) is 1.63. The van der Waals surface area contributed by atoms with Crippen LogP contribution in [-0.4, -0.2) is 17.6 Å². The number of aromatic nitrogens is 1. The Labute approximate surface area is 96.7 Å². The molecule has 0 radical (unpaired) electrons. The normalized spacial score (nSPS) is 19.5. The lowest BCUT2D eigenvalue weighted by Gasteiger charge is -2.14. The SMILES string of the molecule is CCC1CNCc2nc(C)ccc2O1.Cl. The van der Waals surface area contributed by atoms with Gasteiger partial charge in [-0.2, -0.15) is 0 Å². The molecule has 1 aliphatic rings. The zero-order valence-corrected chi connectivity index (χ0v) is 9.93. The highest BCUT2D eigenvalue weighted by atomic mass is 35.5. The largest absolute Gasteiger partial charge is 0.487 e. The summed E-state index contributed by atoms with van der Waals surface area (Å²) in [6.07, 6.45) is 1.31. The van der Waals surface area contributed by atoms with Crippen molar-refractivity contribution in [2.75, 3.05) is 6.54 Å². The van der Waals surface area contributed by atoms with Crippen molar-refractivity contribution in [2.45, 2.75) is 32.9 Å². The van der Waals surface area contributed by atoms with Gasteiger partial charge in [0, 0.05) is 18.8 Å². The fraction of sp³-hybridized carbons (Fsp3) is 0.545. The molecule has 3 nitrogen and oxygen atoms in total. The first-order chi connectivity index (χ1) is 6.79. The van der Waals surface area contributed by atoms with Crippen molar-refractivity contribution in [2.24, 2.45) is 0 Å². The van der Waals surface area contributed by atoms with Crippen molar-refractivity contribution in [1.82, 2.24) is 10.3 Å². The Morgan fingerprint density at radius 2 is 2.33 bits per heavy atom. The molecule has 4 heteroatoms. The quantitative estimate of drug-likeness (QED) is 0.799. The summed E-state index contributed by atoms with van der Waals surface area (Å²) in [5, 5.41) is 3.34. The van der Waals surface area contributed by atoms with E-state index >= 15 is 0 Å². The zero-order valence-electron chi connectivity index (χ0n) is 9.12. The molecule has 0 amide bonds. The topological polar surface area (TPSA) is 34.2 Å². The van der Waals surface area contributed by atoms with Crippen molar-refractivity contribution in [1.29, 1.82) is 0 Å². The number of hydrogen-bond acceptors (Lipinski definition) is 3. The smallest absolute Gasteiger partial charge is 0.142 e. The number of nitrogens with one attached hydrogen (secondary N) is 1. The maximum absolute atomic E-state index is 5.84. The molecule has 1 aromatic heterocycles. The molecule has 1 unspecified atom stereocenters. The third-order valence-electron chi connectivity index (χ3n) is 2.49. The van der Waals surface area contributed by atoms with E-state index in [0.29, 0.717) is 0 Å². The van der Waals surface area contributed by atoms with Crippen LogP contribution in [0, 0.1) is 6.92 Å². The summed E-state index contributed by atoms with van der Waals surface area (Å²) in [6.45, 7) is 5.86. The first-order valence-corrected chi connectivity index (χ1v) is 5.13. The van der Waals surface area contributed by atoms with Crippen molar-refractivity contribution in [3.8, 4) is 5.75 Å². The number of hydrogen-bond donors (Lipinski definition) is 1. The Kier molecular flexibility index (Phi) is 4.36. The maximum atomic E-state index is 5.84. The predicted molar refractivity (Wildman–Crippen MR) is 62.6 cm³/mol. The van der Waals surface area contributed by atoms with E-state index < -0.39 is 0 Å². The highest BCUT2D eigenvalue weighted by Gasteiger charge is 2.16. The minimum absolute atomic E-state index is 0. The van der Waals surface area contributed by atoms with Gasteiger partial charge in [-0.25, -0.2) is 0 Å². The van der Waals surface area contributed by atoms with E-state index in [-0.39, 0.29) is 18.5 Å². The highest BCUT2D eigenvalue weighted by Crippen LogP contribution is 2.21. The summed E-state index contributed by atoms with van der Waals surface area (Å²) in [7, 11) is 0. The van der Waals surface area contributed by atoms with Gasteiger partial charge in [-0.05, 0) is 25.5 Å². The molecule has 84 valence electrons. The second-order valence-electron chi connectivity index (χ2n) is 3.68. The molecule has 0 saturated heterocycles. The maximum Gasteiger partial charge on any atom is 0.142 e. The predicted octanol–water partition coefficient (Wildman–Crippen LogP) is 2.07. The fourth-order valence-electron chi connectivity index (χ4n) is 1.63. The Hall–Kier alpha value is -0.800. The standard InChI is InChI=1S/C11H16N2O.ClH/c1-3-9-6-12-7-10-11(14-9)5-4-8(2)13-10;/h4-5,9,12H,3,6-7H2,1-2H3;1H. The third-order valence-corrected chi connectivity index (χ3v) is 2.49. The lowest BCUT2D eigenvalue weighted by Crippen LogP contribution is -2.27. The number of fused-ring (bicyclic) bond motifs is 1. The second-order valence-corrected chi connectivity index (χ2v) is 3.68. The second kappa shape index (κ2) is 5.33. The molecule has 0 spiro atoms. The van der Waals surface area contributed by atoms with Crippen LogP contribution in [0.1, 0.15) is 24.7 Å². The Morgan fingerprint density at radius 1 is 1.53 bits per heavy atom. The van der Waals surface area contributed by atoms with Gasteiger partial charge in [0.2, 0.25) is 0 Å². The minimum atomic E-state index is 0. The average molecular weight is 229 g/mol. The molecule has 2 heterocycles. The van der Waals surface area contributed by atoms with Crippen LogP contribution in [0.3, 0.4) is 0 Å². The van der Waals surface area contributed by atoms with Gasteiger partial charge in [-0.3, -0.25) is 4.98 Å². The van der Waals surface area contributed by atoms with Gasteiger partial charge in [0.15, 0.2) is 0 Å². The molecular weight excluding hydrogens is 212 g/mol. The van der Waals surface area contributed by atoms with Gasteiger partial charge in [0.25, 0.3) is 0 Å². The first kappa shape index (κ1) is 12.3. The summed E-state index contributed by atoms with van der Waals surface area (Å²) in [5.41, 5.74) is 2.07. The van der Waals surface area contributed by atoms with Crippen LogP contribution in [0.5, 0.6) is 5.75 Å². The van der Waals surface area contributed by atoms with Crippen molar-refractivity contribution in [3.63, 3.8) is 0 Å². The van der Waals surface area contributed by atoms with E-state index in [0.717, 1.165) is 36.6 Å². The number of pyridine rings is 1. The molecule has 0 aliphatic carbocycles. The molecule has 0 saturated carbocycles. The minimum Gasteiger partial charge on any atom is -0.487 e. The van der Waals surface area contributed by atoms with Crippen LogP contribution in [0.25, 0.3) is 0 Å².